The van der Waals surface area contributed by atoms with Crippen molar-refractivity contribution in [1.82, 2.24) is 14.8 Å². The maximum Gasteiger partial charge on any atom is 0.264 e. The summed E-state index contributed by atoms with van der Waals surface area (Å²) >= 11 is 0.735. The summed E-state index contributed by atoms with van der Waals surface area (Å²) < 4.78 is 44.1. The minimum Gasteiger partial charge on any atom is -0.543 e. The summed E-state index contributed by atoms with van der Waals surface area (Å²) in [6.07, 6.45) is 3.03. The summed E-state index contributed by atoms with van der Waals surface area (Å²) in [5, 5.41) is 16.9. The van der Waals surface area contributed by atoms with E-state index in [0.717, 1.165) is 29.0 Å². The molecule has 29 heavy (non-hydrogen) atoms. The zero-order valence-electron chi connectivity index (χ0n) is 14.7. The molecule has 1 amide bonds. The number of sulfonamides is 1. The highest BCUT2D eigenvalue weighted by Gasteiger charge is 2.20. The van der Waals surface area contributed by atoms with E-state index in [4.69, 9.17) is 0 Å². The molecule has 2 N–H and O–H groups in total. The number of carbonyl (C=O) groups excluding carboxylic acids is 2. The van der Waals surface area contributed by atoms with Crippen LogP contribution in [0.4, 0.5) is 15.1 Å². The van der Waals surface area contributed by atoms with Crippen LogP contribution >= 0.6 is 11.3 Å². The molecular weight excluding hydrogens is 427 g/mol. The van der Waals surface area contributed by atoms with Crippen LogP contribution in [-0.4, -0.2) is 35.1 Å². The molecule has 0 atom stereocenters. The summed E-state index contributed by atoms with van der Waals surface area (Å²) in [6.45, 7) is -0.167. The molecule has 14 heteroatoms. The van der Waals surface area contributed by atoms with Crippen LogP contribution in [0.5, 0.6) is 0 Å². The van der Waals surface area contributed by atoms with Crippen molar-refractivity contribution in [3.05, 3.63) is 47.9 Å². The van der Waals surface area contributed by atoms with Crippen LogP contribution < -0.4 is 19.7 Å². The average Bonchev–Trinajstić information content (AvgIpc) is 3.25. The number of amides is 1. The third kappa shape index (κ3) is 4.72. The Morgan fingerprint density at radius 3 is 2.76 bits per heavy atom. The van der Waals surface area contributed by atoms with Gasteiger partial charge < -0.3 is 15.2 Å². The first-order valence-corrected chi connectivity index (χ1v) is 10.2. The van der Waals surface area contributed by atoms with Gasteiger partial charge in [0.2, 0.25) is 6.33 Å². The van der Waals surface area contributed by atoms with E-state index >= 15 is 0 Å². The number of carbonyl (C=O) groups is 2. The fraction of sp³-hybridized carbons (Fsp3) is 0.133. The summed E-state index contributed by atoms with van der Waals surface area (Å²) in [6, 6.07) is 2.84. The third-order valence-electron chi connectivity index (χ3n) is 3.52. The number of rotatable bonds is 7. The molecule has 3 aromatic rings. The molecule has 152 valence electrons. The lowest BCUT2D eigenvalue weighted by Gasteiger charge is -2.10. The van der Waals surface area contributed by atoms with Crippen molar-refractivity contribution in [3.63, 3.8) is 0 Å². The Hall–Kier alpha value is -3.39. The Kier molecular flexibility index (Phi) is 5.56. The molecule has 0 radical (unpaired) electrons. The molecule has 0 aliphatic heterocycles. The van der Waals surface area contributed by atoms with Crippen LogP contribution in [0.25, 0.3) is 0 Å². The molecular formula is C15H13FN6O5S2. The molecule has 2 heterocycles. The zero-order chi connectivity index (χ0) is 21.2. The van der Waals surface area contributed by atoms with E-state index in [1.165, 1.54) is 11.0 Å². The van der Waals surface area contributed by atoms with E-state index in [1.807, 2.05) is 4.72 Å². The van der Waals surface area contributed by atoms with Gasteiger partial charge in [0.05, 0.1) is 29.1 Å². The van der Waals surface area contributed by atoms with Crippen LogP contribution in [0.3, 0.4) is 0 Å². The van der Waals surface area contributed by atoms with Crippen LogP contribution in [0, 0.1) is 5.82 Å². The van der Waals surface area contributed by atoms with Gasteiger partial charge in [0.1, 0.15) is 16.5 Å². The molecule has 0 bridgehead atoms. The number of halogens is 1. The van der Waals surface area contributed by atoms with Crippen molar-refractivity contribution in [2.45, 2.75) is 11.4 Å². The predicted octanol–water partition coefficient (Wildman–Crippen LogP) is -0.894. The van der Waals surface area contributed by atoms with Crippen molar-refractivity contribution in [2.75, 3.05) is 10.0 Å². The van der Waals surface area contributed by atoms with Crippen molar-refractivity contribution >= 4 is 43.9 Å². The number of aryl methyl sites for hydroxylation is 1. The summed E-state index contributed by atoms with van der Waals surface area (Å²) in [7, 11) is -2.57. The third-order valence-corrected chi connectivity index (χ3v) is 5.73. The van der Waals surface area contributed by atoms with Gasteiger partial charge >= 0.3 is 0 Å². The van der Waals surface area contributed by atoms with Gasteiger partial charge in [0, 0.05) is 5.10 Å². The fourth-order valence-electron chi connectivity index (χ4n) is 2.25. The summed E-state index contributed by atoms with van der Waals surface area (Å²) in [5.74, 6) is -3.21. The molecule has 0 aliphatic rings. The maximum absolute atomic E-state index is 14.3. The fourth-order valence-corrected chi connectivity index (χ4v) is 4.24. The first-order valence-electron chi connectivity index (χ1n) is 7.80. The van der Waals surface area contributed by atoms with Gasteiger partial charge in [-0.1, -0.05) is 0 Å². The van der Waals surface area contributed by atoms with Crippen LogP contribution in [0.15, 0.2) is 41.3 Å². The minimum absolute atomic E-state index is 0.167. The van der Waals surface area contributed by atoms with Crippen LogP contribution in [0.1, 0.15) is 10.5 Å². The van der Waals surface area contributed by atoms with Crippen molar-refractivity contribution in [1.29, 1.82) is 0 Å². The zero-order valence-corrected chi connectivity index (χ0v) is 16.3. The van der Waals surface area contributed by atoms with Gasteiger partial charge in [-0.3, -0.25) is 9.52 Å². The quantitative estimate of drug-likeness (QED) is 0.452. The minimum atomic E-state index is -4.29. The number of carboxylic acids is 1. The number of aromatic carboxylic acids is 1. The first-order chi connectivity index (χ1) is 13.7. The summed E-state index contributed by atoms with van der Waals surface area (Å²) in [5.41, 5.74) is 0.329. The van der Waals surface area contributed by atoms with E-state index in [0.29, 0.717) is 6.07 Å². The standard InChI is InChI=1S/C15H13FN6O5S2/c1-21-6-18-22(8-21)5-12(23)19-11-3-2-9(4-10(11)16)29(26,27)20-14-13(15(24)25)17-7-28-14/h2-4,6-8,20H,5H2,1H3,(H-,19,23,24,25). The smallest absolute Gasteiger partial charge is 0.264 e. The number of nitrogens with zero attached hydrogens (tertiary/aromatic N) is 4. The number of aromatic nitrogens is 4. The van der Waals surface area contributed by atoms with Gasteiger partial charge in [0.25, 0.3) is 22.3 Å². The van der Waals surface area contributed by atoms with Crippen molar-refractivity contribution < 1.29 is 32.1 Å². The summed E-state index contributed by atoms with van der Waals surface area (Å²) in [4.78, 5) is 25.9. The molecule has 11 nitrogen and oxygen atoms in total. The van der Waals surface area contributed by atoms with E-state index in [-0.39, 0.29) is 17.2 Å². The Morgan fingerprint density at radius 1 is 1.38 bits per heavy atom. The molecule has 0 saturated heterocycles. The first kappa shape index (κ1) is 20.3. The lowest BCUT2D eigenvalue weighted by Crippen LogP contribution is -2.25. The Balaban J connectivity index is 1.75. The number of hydrogen-bond donors (Lipinski definition) is 2. The van der Waals surface area contributed by atoms with Gasteiger partial charge in [-0.15, -0.1) is 16.0 Å². The lowest BCUT2D eigenvalue weighted by molar-refractivity contribution is -0.672. The van der Waals surface area contributed by atoms with Crippen LogP contribution in [-0.2, 0) is 28.4 Å². The Morgan fingerprint density at radius 2 is 2.14 bits per heavy atom. The molecule has 3 rings (SSSR count). The number of carboxylic acid groups (broad SMARTS) is 1. The molecule has 0 fully saturated rings. The van der Waals surface area contributed by atoms with E-state index in [1.54, 1.807) is 17.9 Å². The van der Waals surface area contributed by atoms with E-state index in [2.05, 4.69) is 15.4 Å². The molecule has 1 aromatic carbocycles. The van der Waals surface area contributed by atoms with Crippen LogP contribution in [0.2, 0.25) is 0 Å². The van der Waals surface area contributed by atoms with Gasteiger partial charge in [-0.25, -0.2) is 22.4 Å². The predicted molar refractivity (Wildman–Crippen MR) is 95.7 cm³/mol. The highest BCUT2D eigenvalue weighted by molar-refractivity contribution is 7.93. The molecule has 0 unspecified atom stereocenters. The lowest BCUT2D eigenvalue weighted by atomic mass is 10.3. The Labute approximate surface area is 167 Å². The normalized spacial score (nSPS) is 11.2. The van der Waals surface area contributed by atoms with Gasteiger partial charge in [-0.05, 0) is 18.2 Å². The number of hydrogen-bond acceptors (Lipinski definition) is 8. The largest absolute Gasteiger partial charge is 0.543 e. The number of nitrogens with one attached hydrogen (secondary N) is 2. The second-order valence-electron chi connectivity index (χ2n) is 5.72. The number of thiazole rings is 1. The topological polar surface area (TPSA) is 150 Å². The van der Waals surface area contributed by atoms with Gasteiger partial charge in [0.15, 0.2) is 6.54 Å². The highest BCUT2D eigenvalue weighted by Crippen LogP contribution is 2.25. The average molecular weight is 440 g/mol. The van der Waals surface area contributed by atoms with Gasteiger partial charge in [-0.2, -0.15) is 0 Å². The molecule has 2 aromatic heterocycles. The maximum atomic E-state index is 14.3. The van der Waals surface area contributed by atoms with Crippen molar-refractivity contribution in [2.24, 2.45) is 7.05 Å². The molecule has 0 aliphatic carbocycles. The molecule has 0 saturated carbocycles. The van der Waals surface area contributed by atoms with Crippen molar-refractivity contribution in [3.8, 4) is 0 Å². The Bertz CT molecular complexity index is 1190. The number of anilines is 2. The van der Waals surface area contributed by atoms with E-state index in [9.17, 15) is 27.5 Å². The van der Waals surface area contributed by atoms with E-state index < -0.39 is 38.3 Å². The second-order valence-corrected chi connectivity index (χ2v) is 8.26. The second kappa shape index (κ2) is 7.92. The highest BCUT2D eigenvalue weighted by atomic mass is 32.2. The molecule has 0 spiro atoms. The monoisotopic (exact) mass is 440 g/mol. The number of benzene rings is 1. The SMILES string of the molecule is C[n+]1cnn(CC(=O)Nc2ccc(S(=O)(=O)Nc3scnc3C(=O)[O-])cc2F)c1.